The van der Waals surface area contributed by atoms with E-state index in [0.717, 1.165) is 18.7 Å². The number of halogens is 1. The highest BCUT2D eigenvalue weighted by atomic mass is 19.1. The van der Waals surface area contributed by atoms with Gasteiger partial charge in [-0.1, -0.05) is 19.9 Å². The van der Waals surface area contributed by atoms with E-state index in [4.69, 9.17) is 25.5 Å². The molecule has 1 heterocycles. The molecule has 0 amide bonds. The maximum Gasteiger partial charge on any atom is 0.137 e. The molecule has 1 saturated heterocycles. The Kier molecular flexibility index (Phi) is 10.2. The maximum atomic E-state index is 15.3. The van der Waals surface area contributed by atoms with Crippen LogP contribution in [-0.2, 0) is 16.1 Å². The van der Waals surface area contributed by atoms with E-state index < -0.39 is 12.0 Å². The molecule has 0 aromatic heterocycles. The standard InChI is InChI=1S/C27H40FN5O4/c1-17(2)21-13-22(24(34)14-25(21)35-5)27(30)33(26(29)16-37-31-18(3)4)20-7-6-19(23(28)12-20)15-32-8-10-36-11-9-32/h6-7,12-14,17-18,26,30-31,34H,8-11,15-16,29H2,1-5H3. The molecule has 1 unspecified atom stereocenters. The average molecular weight is 518 g/mol. The van der Waals surface area contributed by atoms with Gasteiger partial charge in [-0.3, -0.25) is 15.1 Å². The van der Waals surface area contributed by atoms with Gasteiger partial charge >= 0.3 is 0 Å². The van der Waals surface area contributed by atoms with Crippen LogP contribution in [0.2, 0.25) is 0 Å². The van der Waals surface area contributed by atoms with Gasteiger partial charge in [-0.05, 0) is 43.5 Å². The number of hydroxylamine groups is 1. The topological polar surface area (TPSA) is 116 Å². The van der Waals surface area contributed by atoms with Gasteiger partial charge < -0.3 is 25.2 Å². The summed E-state index contributed by atoms with van der Waals surface area (Å²) in [4.78, 5) is 9.13. The van der Waals surface area contributed by atoms with Crippen molar-refractivity contribution in [2.75, 3.05) is 44.9 Å². The first-order valence-corrected chi connectivity index (χ1v) is 12.6. The molecule has 1 atom stereocenters. The lowest BCUT2D eigenvalue weighted by Gasteiger charge is -2.32. The predicted octanol–water partition coefficient (Wildman–Crippen LogP) is 3.54. The molecule has 2 aromatic rings. The summed E-state index contributed by atoms with van der Waals surface area (Å²) in [6, 6.07) is 8.12. The van der Waals surface area contributed by atoms with Crippen LogP contribution >= 0.6 is 0 Å². The number of phenols is 1. The van der Waals surface area contributed by atoms with Crippen molar-refractivity contribution in [3.63, 3.8) is 0 Å². The highest BCUT2D eigenvalue weighted by Gasteiger charge is 2.26. The molecule has 9 nitrogen and oxygen atoms in total. The van der Waals surface area contributed by atoms with Crippen LogP contribution in [0.15, 0.2) is 30.3 Å². The number of anilines is 1. The van der Waals surface area contributed by atoms with E-state index in [1.54, 1.807) is 18.2 Å². The van der Waals surface area contributed by atoms with Crippen LogP contribution in [0.1, 0.15) is 50.3 Å². The van der Waals surface area contributed by atoms with Gasteiger partial charge in [0.25, 0.3) is 0 Å². The fraction of sp³-hybridized carbons (Fsp3) is 0.519. The number of rotatable bonds is 11. The Bertz CT molecular complexity index is 1060. The second kappa shape index (κ2) is 13.2. The number of hydrogen-bond donors (Lipinski definition) is 4. The van der Waals surface area contributed by atoms with Crippen molar-refractivity contribution < 1.29 is 23.8 Å². The van der Waals surface area contributed by atoms with Gasteiger partial charge in [0.05, 0.1) is 25.9 Å². The number of methoxy groups -OCH3 is 1. The number of ether oxygens (including phenoxy) is 2. The molecule has 10 heteroatoms. The Morgan fingerprint density at radius 3 is 2.51 bits per heavy atom. The van der Waals surface area contributed by atoms with Crippen molar-refractivity contribution in [1.29, 1.82) is 5.41 Å². The molecule has 1 aliphatic rings. The van der Waals surface area contributed by atoms with Crippen molar-refractivity contribution in [2.24, 2.45) is 5.73 Å². The van der Waals surface area contributed by atoms with Gasteiger partial charge in [0, 0.05) is 43.0 Å². The van der Waals surface area contributed by atoms with E-state index in [9.17, 15) is 5.11 Å². The van der Waals surface area contributed by atoms with Gasteiger partial charge in [-0.15, -0.1) is 0 Å². The van der Waals surface area contributed by atoms with Crippen LogP contribution in [-0.4, -0.2) is 68.1 Å². The highest BCUT2D eigenvalue weighted by molar-refractivity contribution is 6.10. The Balaban J connectivity index is 1.96. The van der Waals surface area contributed by atoms with E-state index in [2.05, 4.69) is 10.4 Å². The Labute approximate surface area is 218 Å². The number of aromatic hydroxyl groups is 1. The zero-order chi connectivity index (χ0) is 27.1. The van der Waals surface area contributed by atoms with Gasteiger partial charge in [0.15, 0.2) is 0 Å². The summed E-state index contributed by atoms with van der Waals surface area (Å²) in [5, 5.41) is 19.8. The van der Waals surface area contributed by atoms with Crippen molar-refractivity contribution in [3.05, 3.63) is 52.8 Å². The van der Waals surface area contributed by atoms with Crippen LogP contribution in [0, 0.1) is 11.2 Å². The van der Waals surface area contributed by atoms with Crippen LogP contribution in [0.3, 0.4) is 0 Å². The first kappa shape index (κ1) is 28.8. The number of amidine groups is 1. The molecule has 1 fully saturated rings. The largest absolute Gasteiger partial charge is 0.507 e. The van der Waals surface area contributed by atoms with Crippen LogP contribution in [0.5, 0.6) is 11.5 Å². The zero-order valence-electron chi connectivity index (χ0n) is 22.4. The minimum absolute atomic E-state index is 0.0195. The first-order valence-electron chi connectivity index (χ1n) is 12.6. The fourth-order valence-corrected chi connectivity index (χ4v) is 4.21. The quantitative estimate of drug-likeness (QED) is 0.155. The fourth-order valence-electron chi connectivity index (χ4n) is 4.21. The second-order valence-corrected chi connectivity index (χ2v) is 9.80. The molecule has 0 spiro atoms. The third-order valence-corrected chi connectivity index (χ3v) is 6.18. The summed E-state index contributed by atoms with van der Waals surface area (Å²) >= 11 is 0. The van der Waals surface area contributed by atoms with Crippen LogP contribution in [0.4, 0.5) is 10.1 Å². The van der Waals surface area contributed by atoms with E-state index in [1.807, 2.05) is 27.7 Å². The molecular weight excluding hydrogens is 477 g/mol. The number of nitrogens with zero attached hydrogens (tertiary/aromatic N) is 2. The molecular formula is C27H40FN5O4. The van der Waals surface area contributed by atoms with Gasteiger partial charge in [-0.2, -0.15) is 5.48 Å². The second-order valence-electron chi connectivity index (χ2n) is 9.80. The normalized spacial score (nSPS) is 15.3. The SMILES string of the molecule is COc1cc(O)c(C(=N)N(c2ccc(CN3CCOCC3)c(F)c2)C(N)CONC(C)C)cc1C(C)C. The van der Waals surface area contributed by atoms with Crippen LogP contribution in [0.25, 0.3) is 0 Å². The molecule has 0 aliphatic carbocycles. The number of nitrogens with one attached hydrogen (secondary N) is 2. The molecule has 0 radical (unpaired) electrons. The summed E-state index contributed by atoms with van der Waals surface area (Å²) in [6.07, 6.45) is -0.841. The summed E-state index contributed by atoms with van der Waals surface area (Å²) in [5.74, 6) is 0.0109. The van der Waals surface area contributed by atoms with E-state index in [-0.39, 0.29) is 35.7 Å². The lowest BCUT2D eigenvalue weighted by atomic mass is 9.97. The molecule has 5 N–H and O–H groups in total. The monoisotopic (exact) mass is 517 g/mol. The molecule has 1 aliphatic heterocycles. The summed E-state index contributed by atoms with van der Waals surface area (Å²) in [7, 11) is 1.54. The lowest BCUT2D eigenvalue weighted by molar-refractivity contribution is 0.0170. The smallest absolute Gasteiger partial charge is 0.137 e. The predicted molar refractivity (Wildman–Crippen MR) is 143 cm³/mol. The average Bonchev–Trinajstić information content (AvgIpc) is 2.85. The summed E-state index contributed by atoms with van der Waals surface area (Å²) in [5.41, 5.74) is 11.4. The van der Waals surface area contributed by atoms with E-state index in [1.165, 1.54) is 24.1 Å². The van der Waals surface area contributed by atoms with Gasteiger partial charge in [0.2, 0.25) is 0 Å². The summed E-state index contributed by atoms with van der Waals surface area (Å²) < 4.78 is 26.1. The molecule has 204 valence electrons. The Morgan fingerprint density at radius 2 is 1.92 bits per heavy atom. The van der Waals surface area contributed by atoms with Crippen molar-refractivity contribution in [3.8, 4) is 11.5 Å². The summed E-state index contributed by atoms with van der Waals surface area (Å²) in [6.45, 7) is 11.1. The van der Waals surface area contributed by atoms with Gasteiger partial charge in [0.1, 0.15) is 35.9 Å². The van der Waals surface area contributed by atoms with E-state index in [0.29, 0.717) is 36.8 Å². The number of hydrogen-bond acceptors (Lipinski definition) is 8. The van der Waals surface area contributed by atoms with Crippen molar-refractivity contribution in [1.82, 2.24) is 10.4 Å². The van der Waals surface area contributed by atoms with E-state index >= 15 is 4.39 Å². The third kappa shape index (κ3) is 7.39. The Morgan fingerprint density at radius 1 is 1.22 bits per heavy atom. The Hall–Kier alpha value is -2.76. The minimum atomic E-state index is -0.841. The zero-order valence-corrected chi connectivity index (χ0v) is 22.4. The van der Waals surface area contributed by atoms with Crippen molar-refractivity contribution >= 4 is 11.5 Å². The molecule has 2 aromatic carbocycles. The van der Waals surface area contributed by atoms with Crippen molar-refractivity contribution in [2.45, 2.75) is 52.4 Å². The number of nitrogens with two attached hydrogens (primary N) is 1. The number of phenolic OH excluding ortho intramolecular Hbond substituents is 1. The molecule has 0 saturated carbocycles. The molecule has 0 bridgehead atoms. The van der Waals surface area contributed by atoms with Gasteiger partial charge in [-0.25, -0.2) is 4.39 Å². The minimum Gasteiger partial charge on any atom is -0.507 e. The number of benzene rings is 2. The lowest BCUT2D eigenvalue weighted by Crippen LogP contribution is -2.50. The maximum absolute atomic E-state index is 15.3. The number of morpholine rings is 1. The molecule has 37 heavy (non-hydrogen) atoms. The van der Waals surface area contributed by atoms with Crippen LogP contribution < -0.4 is 20.9 Å². The third-order valence-electron chi connectivity index (χ3n) is 6.18. The first-order chi connectivity index (χ1) is 17.6. The molecule has 3 rings (SSSR count). The highest BCUT2D eigenvalue weighted by Crippen LogP contribution is 2.34.